The Morgan fingerprint density at radius 1 is 1.24 bits per heavy atom. The molecule has 0 saturated heterocycles. The zero-order valence-corrected chi connectivity index (χ0v) is 11.9. The molecule has 110 valence electrons. The molecule has 4 nitrogen and oxygen atoms in total. The van der Waals surface area contributed by atoms with E-state index >= 15 is 0 Å². The number of aromatic amines is 1. The molecule has 8 heteroatoms. The van der Waals surface area contributed by atoms with Gasteiger partial charge in [0.05, 0.1) is 5.56 Å². The number of hydrogen-bond donors (Lipinski definition) is 2. The van der Waals surface area contributed by atoms with Crippen LogP contribution >= 0.6 is 15.9 Å². The average Bonchev–Trinajstić information content (AvgIpc) is 2.40. The van der Waals surface area contributed by atoms with Gasteiger partial charge in [0.1, 0.15) is 5.69 Å². The van der Waals surface area contributed by atoms with Crippen LogP contribution in [0.15, 0.2) is 45.8 Å². The Morgan fingerprint density at radius 2 is 1.95 bits per heavy atom. The van der Waals surface area contributed by atoms with Crippen LogP contribution in [-0.4, -0.2) is 10.9 Å². The highest BCUT2D eigenvalue weighted by Gasteiger charge is 2.31. The molecule has 0 saturated carbocycles. The van der Waals surface area contributed by atoms with Crippen LogP contribution in [0.2, 0.25) is 0 Å². The second-order valence-electron chi connectivity index (χ2n) is 4.09. The third-order valence-electron chi connectivity index (χ3n) is 2.57. The number of hydrogen-bond acceptors (Lipinski definition) is 2. The third kappa shape index (κ3) is 3.72. The Balaban J connectivity index is 2.31. The van der Waals surface area contributed by atoms with E-state index in [-0.39, 0.29) is 5.56 Å². The van der Waals surface area contributed by atoms with Gasteiger partial charge < -0.3 is 10.3 Å². The van der Waals surface area contributed by atoms with E-state index in [2.05, 4.69) is 21.2 Å². The minimum Gasteiger partial charge on any atom is -0.327 e. The van der Waals surface area contributed by atoms with Crippen LogP contribution in [0.1, 0.15) is 15.9 Å². The molecular weight excluding hydrogens is 353 g/mol. The maximum Gasteiger partial charge on any atom is 0.417 e. The Bertz CT molecular complexity index is 741. The minimum absolute atomic E-state index is 0.209. The second kappa shape index (κ2) is 5.72. The molecule has 1 aromatic carbocycles. The lowest BCUT2D eigenvalue weighted by Gasteiger charge is -2.09. The van der Waals surface area contributed by atoms with E-state index in [4.69, 9.17) is 0 Å². The zero-order chi connectivity index (χ0) is 15.6. The number of benzene rings is 1. The van der Waals surface area contributed by atoms with Crippen molar-refractivity contribution in [2.24, 2.45) is 0 Å². The van der Waals surface area contributed by atoms with Crippen molar-refractivity contribution in [3.8, 4) is 0 Å². The average molecular weight is 361 g/mol. The van der Waals surface area contributed by atoms with Crippen molar-refractivity contribution in [2.45, 2.75) is 6.18 Å². The fraction of sp³-hybridized carbons (Fsp3) is 0.0769. The zero-order valence-electron chi connectivity index (χ0n) is 10.3. The molecule has 2 aromatic rings. The lowest BCUT2D eigenvalue weighted by Crippen LogP contribution is -2.21. The van der Waals surface area contributed by atoms with Gasteiger partial charge in [-0.1, -0.05) is 22.0 Å². The first-order chi connectivity index (χ1) is 9.77. The molecule has 0 bridgehead atoms. The van der Waals surface area contributed by atoms with Gasteiger partial charge in [-0.2, -0.15) is 13.2 Å². The van der Waals surface area contributed by atoms with Crippen molar-refractivity contribution in [2.75, 3.05) is 5.32 Å². The molecule has 1 amide bonds. The molecule has 0 spiro atoms. The Kier molecular flexibility index (Phi) is 4.17. The van der Waals surface area contributed by atoms with Crippen molar-refractivity contribution >= 4 is 27.5 Å². The molecule has 0 atom stereocenters. The highest BCUT2D eigenvalue weighted by atomic mass is 79.9. The normalized spacial score (nSPS) is 11.2. The molecular formula is C13H8BrF3N2O2. The van der Waals surface area contributed by atoms with Gasteiger partial charge in [0.2, 0.25) is 0 Å². The molecule has 0 unspecified atom stereocenters. The second-order valence-corrected chi connectivity index (χ2v) is 5.01. The summed E-state index contributed by atoms with van der Waals surface area (Å²) in [6, 6.07) is 6.83. The monoisotopic (exact) mass is 360 g/mol. The molecule has 21 heavy (non-hydrogen) atoms. The lowest BCUT2D eigenvalue weighted by atomic mass is 10.2. The molecule has 2 N–H and O–H groups in total. The fourth-order valence-electron chi connectivity index (χ4n) is 1.56. The summed E-state index contributed by atoms with van der Waals surface area (Å²) in [6.45, 7) is 0. The van der Waals surface area contributed by atoms with Gasteiger partial charge in [-0.3, -0.25) is 9.59 Å². The molecule has 0 radical (unpaired) electrons. The molecule has 1 aromatic heterocycles. The minimum atomic E-state index is -4.61. The van der Waals surface area contributed by atoms with Crippen molar-refractivity contribution in [1.82, 2.24) is 4.98 Å². The van der Waals surface area contributed by atoms with Gasteiger partial charge in [0.25, 0.3) is 11.5 Å². The summed E-state index contributed by atoms with van der Waals surface area (Å²) in [4.78, 5) is 25.3. The Hall–Kier alpha value is -2.09. The largest absolute Gasteiger partial charge is 0.417 e. The molecule has 2 rings (SSSR count). The third-order valence-corrected chi connectivity index (χ3v) is 3.06. The predicted molar refractivity (Wildman–Crippen MR) is 74.2 cm³/mol. The Labute approximate surface area is 125 Å². The van der Waals surface area contributed by atoms with E-state index < -0.39 is 28.9 Å². The van der Waals surface area contributed by atoms with Crippen molar-refractivity contribution in [3.05, 3.63) is 62.5 Å². The SMILES string of the molecule is O=C(Nc1cc(C(F)(F)F)c[nH]c1=O)c1cccc(Br)c1. The number of carbonyl (C=O) groups is 1. The predicted octanol–water partition coefficient (Wildman–Crippen LogP) is 3.41. The number of aromatic nitrogens is 1. The van der Waals surface area contributed by atoms with Crippen LogP contribution in [0.3, 0.4) is 0 Å². The maximum absolute atomic E-state index is 12.6. The van der Waals surface area contributed by atoms with Gasteiger partial charge in [0.15, 0.2) is 0 Å². The van der Waals surface area contributed by atoms with Crippen LogP contribution in [0.4, 0.5) is 18.9 Å². The van der Waals surface area contributed by atoms with Crippen LogP contribution in [0, 0.1) is 0 Å². The van der Waals surface area contributed by atoms with Gasteiger partial charge in [-0.05, 0) is 24.3 Å². The number of pyridine rings is 1. The fourth-order valence-corrected chi connectivity index (χ4v) is 1.96. The summed E-state index contributed by atoms with van der Waals surface area (Å²) in [5, 5.41) is 2.16. The van der Waals surface area contributed by atoms with Crippen molar-refractivity contribution in [3.63, 3.8) is 0 Å². The first-order valence-electron chi connectivity index (χ1n) is 5.64. The number of anilines is 1. The summed E-state index contributed by atoms with van der Waals surface area (Å²) in [5.41, 5.74) is -2.12. The number of amides is 1. The molecule has 0 fully saturated rings. The Morgan fingerprint density at radius 3 is 2.57 bits per heavy atom. The van der Waals surface area contributed by atoms with E-state index in [0.717, 1.165) is 0 Å². The van der Waals surface area contributed by atoms with Gasteiger partial charge >= 0.3 is 6.18 Å². The van der Waals surface area contributed by atoms with Crippen LogP contribution in [0.5, 0.6) is 0 Å². The highest BCUT2D eigenvalue weighted by molar-refractivity contribution is 9.10. The molecule has 1 heterocycles. The van der Waals surface area contributed by atoms with Crippen molar-refractivity contribution in [1.29, 1.82) is 0 Å². The van der Waals surface area contributed by atoms with E-state index in [1.807, 2.05) is 4.98 Å². The standard InChI is InChI=1S/C13H8BrF3N2O2/c14-9-3-1-2-7(4-9)11(20)19-10-5-8(13(15,16)17)6-18-12(10)21/h1-6H,(H,18,21)(H,19,20). The topological polar surface area (TPSA) is 62.0 Å². The molecule has 0 aliphatic carbocycles. The van der Waals surface area contributed by atoms with Crippen LogP contribution < -0.4 is 10.9 Å². The van der Waals surface area contributed by atoms with Gasteiger partial charge in [-0.25, -0.2) is 0 Å². The number of carbonyl (C=O) groups excluding carboxylic acids is 1. The van der Waals surface area contributed by atoms with Gasteiger partial charge in [-0.15, -0.1) is 0 Å². The number of nitrogens with one attached hydrogen (secondary N) is 2. The maximum atomic E-state index is 12.6. The smallest absolute Gasteiger partial charge is 0.327 e. The number of H-pyrrole nitrogens is 1. The summed E-state index contributed by atoms with van der Waals surface area (Å²) < 4.78 is 38.3. The first-order valence-corrected chi connectivity index (χ1v) is 6.43. The van der Waals surface area contributed by atoms with E-state index in [0.29, 0.717) is 16.7 Å². The van der Waals surface area contributed by atoms with Crippen LogP contribution in [-0.2, 0) is 6.18 Å². The van der Waals surface area contributed by atoms with Crippen molar-refractivity contribution < 1.29 is 18.0 Å². The summed E-state index contributed by atoms with van der Waals surface area (Å²) in [6.07, 6.45) is -4.06. The van der Waals surface area contributed by atoms with Crippen LogP contribution in [0.25, 0.3) is 0 Å². The summed E-state index contributed by atoms with van der Waals surface area (Å²) >= 11 is 3.17. The van der Waals surface area contributed by atoms with Gasteiger partial charge in [0, 0.05) is 16.2 Å². The quantitative estimate of drug-likeness (QED) is 0.861. The molecule has 0 aliphatic heterocycles. The highest BCUT2D eigenvalue weighted by Crippen LogP contribution is 2.29. The number of alkyl halides is 3. The summed E-state index contributed by atoms with van der Waals surface area (Å²) in [7, 11) is 0. The summed E-state index contributed by atoms with van der Waals surface area (Å²) in [5.74, 6) is -0.680. The first kappa shape index (κ1) is 15.3. The van der Waals surface area contributed by atoms with E-state index in [1.165, 1.54) is 12.1 Å². The van der Waals surface area contributed by atoms with E-state index in [1.54, 1.807) is 12.1 Å². The van der Waals surface area contributed by atoms with E-state index in [9.17, 15) is 22.8 Å². The number of halogens is 4. The lowest BCUT2D eigenvalue weighted by molar-refractivity contribution is -0.137. The molecule has 0 aliphatic rings. The number of rotatable bonds is 2.